The fourth-order valence-electron chi connectivity index (χ4n) is 2.48. The third kappa shape index (κ3) is 3.23. The first kappa shape index (κ1) is 15.1. The molecule has 0 bridgehead atoms. The number of amides is 1. The zero-order chi connectivity index (χ0) is 13.1. The van der Waals surface area contributed by atoms with Gasteiger partial charge in [0.25, 0.3) is 0 Å². The molecule has 3 rings (SSSR count). The lowest BCUT2D eigenvalue weighted by Crippen LogP contribution is -2.44. The summed E-state index contributed by atoms with van der Waals surface area (Å²) in [6, 6.07) is 7.66. The second kappa shape index (κ2) is 6.92. The number of carbonyl (C=O) groups excluding carboxylic acids is 1. The number of carbonyl (C=O) groups is 1. The zero-order valence-electron chi connectivity index (χ0n) is 11.2. The summed E-state index contributed by atoms with van der Waals surface area (Å²) in [5.41, 5.74) is 0.863. The summed E-state index contributed by atoms with van der Waals surface area (Å²) in [4.78, 5) is 14.2. The monoisotopic (exact) mass is 298 g/mol. The van der Waals surface area contributed by atoms with E-state index in [1.807, 2.05) is 24.3 Å². The summed E-state index contributed by atoms with van der Waals surface area (Å²) in [5.74, 6) is 0.884. The van der Waals surface area contributed by atoms with E-state index in [0.717, 1.165) is 24.5 Å². The number of benzene rings is 1. The predicted octanol–water partition coefficient (Wildman–Crippen LogP) is 1.21. The lowest BCUT2D eigenvalue weighted by atomic mass is 10.1. The van der Waals surface area contributed by atoms with Crippen LogP contribution in [-0.2, 0) is 9.53 Å². The van der Waals surface area contributed by atoms with Crippen molar-refractivity contribution in [2.24, 2.45) is 0 Å². The maximum Gasteiger partial charge on any atom is 0.229 e. The van der Waals surface area contributed by atoms with Crippen molar-refractivity contribution in [1.29, 1.82) is 0 Å². The van der Waals surface area contributed by atoms with Crippen molar-refractivity contribution in [3.63, 3.8) is 0 Å². The Kier molecular flexibility index (Phi) is 5.23. The molecule has 2 aliphatic heterocycles. The van der Waals surface area contributed by atoms with Crippen LogP contribution in [0.25, 0.3) is 0 Å². The van der Waals surface area contributed by atoms with Crippen LogP contribution in [0.4, 0.5) is 5.69 Å². The number of rotatable bonds is 2. The number of nitrogens with one attached hydrogen (secondary N) is 1. The van der Waals surface area contributed by atoms with Gasteiger partial charge in [0, 0.05) is 13.1 Å². The number of anilines is 1. The molecule has 0 radical (unpaired) electrons. The van der Waals surface area contributed by atoms with E-state index in [2.05, 4.69) is 5.32 Å². The molecule has 0 saturated carbocycles. The van der Waals surface area contributed by atoms with Crippen LogP contribution >= 0.6 is 12.4 Å². The maximum absolute atomic E-state index is 12.4. The number of hydrogen-bond acceptors (Lipinski definition) is 4. The normalized spacial score (nSPS) is 21.4. The summed E-state index contributed by atoms with van der Waals surface area (Å²) >= 11 is 0. The van der Waals surface area contributed by atoms with Gasteiger partial charge < -0.3 is 19.7 Å². The minimum absolute atomic E-state index is 0. The Bertz CT molecular complexity index is 463. The molecule has 1 amide bonds. The van der Waals surface area contributed by atoms with Crippen LogP contribution in [0.2, 0.25) is 0 Å². The minimum atomic E-state index is -0.0174. The largest absolute Gasteiger partial charge is 0.490 e. The zero-order valence-corrected chi connectivity index (χ0v) is 12.0. The molecule has 0 aliphatic carbocycles. The molecule has 1 saturated heterocycles. The quantitative estimate of drug-likeness (QED) is 0.892. The van der Waals surface area contributed by atoms with Crippen LogP contribution in [0.3, 0.4) is 0 Å². The van der Waals surface area contributed by atoms with E-state index in [9.17, 15) is 4.79 Å². The van der Waals surface area contributed by atoms with E-state index in [4.69, 9.17) is 9.47 Å². The molecule has 5 nitrogen and oxygen atoms in total. The molecule has 1 N–H and O–H groups in total. The molecule has 0 spiro atoms. The average molecular weight is 299 g/mol. The standard InChI is InChI=1S/C14H18N2O3.ClH/c17-14(9-11-10-15-5-7-18-11)16-6-8-19-13-4-2-1-3-12(13)16;/h1-4,11,15H,5-10H2;1H. The maximum atomic E-state index is 12.4. The van der Waals surface area contributed by atoms with Gasteiger partial charge in [-0.3, -0.25) is 4.79 Å². The van der Waals surface area contributed by atoms with Crippen LogP contribution in [-0.4, -0.2) is 44.9 Å². The molecule has 1 aromatic rings. The number of fused-ring (bicyclic) bond motifs is 1. The topological polar surface area (TPSA) is 50.8 Å². The van der Waals surface area contributed by atoms with Gasteiger partial charge in [0.15, 0.2) is 0 Å². The first-order valence-electron chi connectivity index (χ1n) is 6.69. The number of hydrogen-bond donors (Lipinski definition) is 1. The van der Waals surface area contributed by atoms with E-state index in [0.29, 0.717) is 26.2 Å². The van der Waals surface area contributed by atoms with Gasteiger partial charge in [-0.25, -0.2) is 0 Å². The third-order valence-corrected chi connectivity index (χ3v) is 3.44. The van der Waals surface area contributed by atoms with Crippen LogP contribution in [0.1, 0.15) is 6.42 Å². The van der Waals surface area contributed by atoms with Crippen molar-refractivity contribution in [2.75, 3.05) is 37.7 Å². The number of para-hydroxylation sites is 2. The molecule has 1 fully saturated rings. The Labute approximate surface area is 124 Å². The molecule has 1 atom stereocenters. The lowest BCUT2D eigenvalue weighted by Gasteiger charge is -2.31. The van der Waals surface area contributed by atoms with Crippen molar-refractivity contribution < 1.29 is 14.3 Å². The smallest absolute Gasteiger partial charge is 0.229 e. The van der Waals surface area contributed by atoms with Gasteiger partial charge >= 0.3 is 0 Å². The Hall–Kier alpha value is -1.30. The van der Waals surface area contributed by atoms with Crippen LogP contribution in [0.5, 0.6) is 5.75 Å². The van der Waals surface area contributed by atoms with E-state index >= 15 is 0 Å². The number of nitrogens with zero attached hydrogens (tertiary/aromatic N) is 1. The van der Waals surface area contributed by atoms with Crippen LogP contribution in [0.15, 0.2) is 24.3 Å². The van der Waals surface area contributed by atoms with E-state index in [1.165, 1.54) is 0 Å². The molecule has 6 heteroatoms. The Morgan fingerprint density at radius 1 is 1.35 bits per heavy atom. The molecule has 2 aliphatic rings. The number of ether oxygens (including phenoxy) is 2. The summed E-state index contributed by atoms with van der Waals surface area (Å²) in [5, 5.41) is 3.24. The van der Waals surface area contributed by atoms with Crippen molar-refractivity contribution in [3.05, 3.63) is 24.3 Å². The minimum Gasteiger partial charge on any atom is -0.490 e. The van der Waals surface area contributed by atoms with Crippen LogP contribution < -0.4 is 15.0 Å². The summed E-state index contributed by atoms with van der Waals surface area (Å²) in [6.07, 6.45) is 0.401. The van der Waals surface area contributed by atoms with Gasteiger partial charge in [-0.15, -0.1) is 12.4 Å². The van der Waals surface area contributed by atoms with Crippen molar-refractivity contribution in [1.82, 2.24) is 5.32 Å². The van der Waals surface area contributed by atoms with E-state index in [-0.39, 0.29) is 24.4 Å². The van der Waals surface area contributed by atoms with Crippen molar-refractivity contribution in [3.8, 4) is 5.75 Å². The highest BCUT2D eigenvalue weighted by Gasteiger charge is 2.26. The highest BCUT2D eigenvalue weighted by atomic mass is 35.5. The van der Waals surface area contributed by atoms with Crippen molar-refractivity contribution in [2.45, 2.75) is 12.5 Å². The molecule has 1 aromatic carbocycles. The van der Waals surface area contributed by atoms with E-state index in [1.54, 1.807) is 4.90 Å². The average Bonchev–Trinajstić information content (AvgIpc) is 2.47. The van der Waals surface area contributed by atoms with Gasteiger partial charge in [0.2, 0.25) is 5.91 Å². The Morgan fingerprint density at radius 3 is 3.00 bits per heavy atom. The Morgan fingerprint density at radius 2 is 2.20 bits per heavy atom. The second-order valence-corrected chi connectivity index (χ2v) is 4.76. The van der Waals surface area contributed by atoms with E-state index < -0.39 is 0 Å². The first-order chi connectivity index (χ1) is 9.34. The Balaban J connectivity index is 0.00000147. The van der Waals surface area contributed by atoms with Gasteiger partial charge in [-0.05, 0) is 12.1 Å². The predicted molar refractivity (Wildman–Crippen MR) is 78.8 cm³/mol. The fourth-order valence-corrected chi connectivity index (χ4v) is 2.48. The fraction of sp³-hybridized carbons (Fsp3) is 0.500. The van der Waals surface area contributed by atoms with Gasteiger partial charge in [0.05, 0.1) is 31.4 Å². The second-order valence-electron chi connectivity index (χ2n) is 4.76. The molecule has 110 valence electrons. The highest BCUT2D eigenvalue weighted by molar-refractivity contribution is 5.95. The lowest BCUT2D eigenvalue weighted by molar-refractivity contribution is -0.122. The number of halogens is 1. The molecule has 0 aromatic heterocycles. The third-order valence-electron chi connectivity index (χ3n) is 3.44. The summed E-state index contributed by atoms with van der Waals surface area (Å²) in [7, 11) is 0. The first-order valence-corrected chi connectivity index (χ1v) is 6.69. The summed E-state index contributed by atoms with van der Waals surface area (Å²) < 4.78 is 11.1. The highest BCUT2D eigenvalue weighted by Crippen LogP contribution is 2.31. The molecular formula is C14H19ClN2O3. The molecular weight excluding hydrogens is 280 g/mol. The molecule has 20 heavy (non-hydrogen) atoms. The SMILES string of the molecule is Cl.O=C(CC1CNCCO1)N1CCOc2ccccc21. The van der Waals surface area contributed by atoms with Crippen LogP contribution in [0, 0.1) is 0 Å². The molecule has 1 unspecified atom stereocenters. The number of morpholine rings is 1. The van der Waals surface area contributed by atoms with Gasteiger partial charge in [-0.1, -0.05) is 12.1 Å². The van der Waals surface area contributed by atoms with Crippen molar-refractivity contribution >= 4 is 24.0 Å². The van der Waals surface area contributed by atoms with Gasteiger partial charge in [-0.2, -0.15) is 0 Å². The van der Waals surface area contributed by atoms with Gasteiger partial charge in [0.1, 0.15) is 12.4 Å². The molecule has 2 heterocycles. The summed E-state index contributed by atoms with van der Waals surface area (Å²) in [6.45, 7) is 3.45.